The first-order valence-electron chi connectivity index (χ1n) is 2.79. The van der Waals surface area contributed by atoms with Crippen molar-refractivity contribution in [2.75, 3.05) is 0 Å². The third kappa shape index (κ3) is 1.34. The van der Waals surface area contributed by atoms with Gasteiger partial charge in [-0.15, -0.1) is 0 Å². The largest absolute Gasteiger partial charge is 0.299 e. The molecule has 1 radical (unpaired) electrons. The lowest BCUT2D eigenvalue weighted by atomic mass is 9.64. The molecule has 1 aliphatic rings. The van der Waals surface area contributed by atoms with E-state index in [1.54, 1.807) is 0 Å². The molecule has 1 heterocycles. The van der Waals surface area contributed by atoms with Crippen LogP contribution in [-0.2, 0) is 4.79 Å². The van der Waals surface area contributed by atoms with Gasteiger partial charge in [-0.05, 0) is 0 Å². The van der Waals surface area contributed by atoms with Crippen LogP contribution >= 0.6 is 15.9 Å². The van der Waals surface area contributed by atoms with E-state index in [0.29, 0.717) is 5.78 Å². The smallest absolute Gasteiger partial charge is 0.145 e. The molecule has 0 amide bonds. The predicted octanol–water partition coefficient (Wildman–Crippen LogP) is 1.26. The molecule has 8 heavy (non-hydrogen) atoms. The van der Waals surface area contributed by atoms with Crippen molar-refractivity contribution in [2.45, 2.75) is 23.9 Å². The van der Waals surface area contributed by atoms with Crippen LogP contribution in [0.3, 0.4) is 0 Å². The van der Waals surface area contributed by atoms with E-state index in [1.165, 1.54) is 0 Å². The van der Waals surface area contributed by atoms with E-state index in [1.807, 2.05) is 0 Å². The standard InChI is InChI=1S/C5H7BBrO/c7-4-3-6-2-1-5(4)8/h4H,1-3H2. The van der Waals surface area contributed by atoms with Crippen LogP contribution in [-0.4, -0.2) is 17.9 Å². The van der Waals surface area contributed by atoms with Crippen LogP contribution in [0.4, 0.5) is 0 Å². The third-order valence-electron chi connectivity index (χ3n) is 1.32. The Kier molecular flexibility index (Phi) is 2.12. The number of alkyl halides is 1. The fourth-order valence-electron chi connectivity index (χ4n) is 0.797. The summed E-state index contributed by atoms with van der Waals surface area (Å²) in [7, 11) is 2.15. The molecule has 1 saturated heterocycles. The minimum atomic E-state index is 0.122. The van der Waals surface area contributed by atoms with Gasteiger partial charge in [-0.2, -0.15) is 0 Å². The number of Topliss-reactive ketones (excluding diaryl/α,β-unsaturated/α-hetero) is 1. The highest BCUT2D eigenvalue weighted by Crippen LogP contribution is 2.16. The van der Waals surface area contributed by atoms with Crippen molar-refractivity contribution in [3.8, 4) is 0 Å². The Morgan fingerprint density at radius 3 is 2.88 bits per heavy atom. The summed E-state index contributed by atoms with van der Waals surface area (Å²) in [6.07, 6.45) is 2.62. The summed E-state index contributed by atoms with van der Waals surface area (Å²) >= 11 is 3.27. The number of carbonyl (C=O) groups is 1. The van der Waals surface area contributed by atoms with Gasteiger partial charge in [-0.1, -0.05) is 28.6 Å². The Bertz CT molecular complexity index is 105. The molecule has 0 aromatic rings. The number of halogens is 1. The van der Waals surface area contributed by atoms with Crippen molar-refractivity contribution in [1.29, 1.82) is 0 Å². The quantitative estimate of drug-likeness (QED) is 0.399. The topological polar surface area (TPSA) is 17.1 Å². The molecule has 43 valence electrons. The molecule has 1 atom stereocenters. The van der Waals surface area contributed by atoms with E-state index in [2.05, 4.69) is 23.2 Å². The van der Waals surface area contributed by atoms with E-state index < -0.39 is 0 Å². The van der Waals surface area contributed by atoms with Crippen LogP contribution in [0.1, 0.15) is 6.42 Å². The lowest BCUT2D eigenvalue weighted by molar-refractivity contribution is -0.118. The molecule has 1 nitrogen and oxygen atoms in total. The van der Waals surface area contributed by atoms with Crippen LogP contribution in [0, 0.1) is 0 Å². The summed E-state index contributed by atoms with van der Waals surface area (Å²) in [6, 6.07) is 0. The van der Waals surface area contributed by atoms with Crippen LogP contribution < -0.4 is 0 Å². The number of hydrogen-bond acceptors (Lipinski definition) is 1. The van der Waals surface area contributed by atoms with Crippen molar-refractivity contribution >= 4 is 29.0 Å². The lowest BCUT2D eigenvalue weighted by Gasteiger charge is -2.12. The highest BCUT2D eigenvalue weighted by Gasteiger charge is 2.18. The number of carbonyl (C=O) groups excluding carboxylic acids is 1. The van der Waals surface area contributed by atoms with Gasteiger partial charge in [0.05, 0.1) is 4.83 Å². The highest BCUT2D eigenvalue weighted by atomic mass is 79.9. The molecule has 0 saturated carbocycles. The summed E-state index contributed by atoms with van der Waals surface area (Å²) < 4.78 is 0. The molecule has 3 heteroatoms. The molecule has 1 rings (SSSR count). The van der Waals surface area contributed by atoms with E-state index in [4.69, 9.17) is 0 Å². The van der Waals surface area contributed by atoms with Gasteiger partial charge >= 0.3 is 0 Å². The number of rotatable bonds is 0. The average Bonchev–Trinajstić information content (AvgIpc) is 1.77. The van der Waals surface area contributed by atoms with E-state index in [0.717, 1.165) is 19.1 Å². The number of ketones is 1. The zero-order chi connectivity index (χ0) is 5.98. The predicted molar refractivity (Wildman–Crippen MR) is 37.7 cm³/mol. The normalized spacial score (nSPS) is 29.6. The van der Waals surface area contributed by atoms with E-state index in [9.17, 15) is 4.79 Å². The van der Waals surface area contributed by atoms with Gasteiger partial charge < -0.3 is 0 Å². The molecule has 0 aromatic heterocycles. The average molecular weight is 174 g/mol. The summed E-state index contributed by atoms with van der Waals surface area (Å²) in [6.45, 7) is 0. The molecule has 0 N–H and O–H groups in total. The molecule has 0 aliphatic carbocycles. The zero-order valence-corrected chi connectivity index (χ0v) is 6.15. The van der Waals surface area contributed by atoms with Gasteiger partial charge in [-0.3, -0.25) is 4.79 Å². The highest BCUT2D eigenvalue weighted by molar-refractivity contribution is 9.10. The van der Waals surface area contributed by atoms with Gasteiger partial charge in [0.15, 0.2) is 0 Å². The first kappa shape index (κ1) is 6.34. The van der Waals surface area contributed by atoms with Gasteiger partial charge in [0.25, 0.3) is 0 Å². The molecule has 1 aliphatic heterocycles. The van der Waals surface area contributed by atoms with Gasteiger partial charge in [0.1, 0.15) is 13.1 Å². The fourth-order valence-corrected chi connectivity index (χ4v) is 1.29. The lowest BCUT2D eigenvalue weighted by Crippen LogP contribution is -2.21. The van der Waals surface area contributed by atoms with Crippen molar-refractivity contribution in [3.63, 3.8) is 0 Å². The molecule has 0 aromatic carbocycles. The van der Waals surface area contributed by atoms with Crippen LogP contribution in [0.5, 0.6) is 0 Å². The minimum absolute atomic E-state index is 0.122. The minimum Gasteiger partial charge on any atom is -0.299 e. The van der Waals surface area contributed by atoms with E-state index >= 15 is 0 Å². The maximum absolute atomic E-state index is 10.7. The Labute approximate surface area is 58.2 Å². The molecule has 1 unspecified atom stereocenters. The fraction of sp³-hybridized carbons (Fsp3) is 0.800. The second-order valence-electron chi connectivity index (χ2n) is 2.00. The summed E-state index contributed by atoms with van der Waals surface area (Å²) in [4.78, 5) is 10.8. The molecule has 0 bridgehead atoms. The molecule has 0 spiro atoms. The summed E-state index contributed by atoms with van der Waals surface area (Å²) in [5.74, 6) is 0.354. The third-order valence-corrected chi connectivity index (χ3v) is 2.20. The first-order valence-corrected chi connectivity index (χ1v) is 3.70. The van der Waals surface area contributed by atoms with Crippen LogP contribution in [0.2, 0.25) is 12.6 Å². The second kappa shape index (κ2) is 2.67. The molecular formula is C5H7BBrO. The Hall–Kier alpha value is 0.215. The number of hydrogen-bond donors (Lipinski definition) is 0. The van der Waals surface area contributed by atoms with Crippen molar-refractivity contribution in [3.05, 3.63) is 0 Å². The zero-order valence-electron chi connectivity index (χ0n) is 4.56. The summed E-state index contributed by atoms with van der Waals surface area (Å²) in [5, 5.41) is 0. The molecule has 1 fully saturated rings. The SMILES string of the molecule is O=C1CC[B]CC1Br. The monoisotopic (exact) mass is 173 g/mol. The summed E-state index contributed by atoms with van der Waals surface area (Å²) in [5.41, 5.74) is 0. The Morgan fingerprint density at radius 1 is 1.75 bits per heavy atom. The van der Waals surface area contributed by atoms with Gasteiger partial charge in [-0.25, -0.2) is 0 Å². The van der Waals surface area contributed by atoms with E-state index in [-0.39, 0.29) is 4.83 Å². The Morgan fingerprint density at radius 2 is 2.50 bits per heavy atom. The van der Waals surface area contributed by atoms with Crippen molar-refractivity contribution in [1.82, 2.24) is 0 Å². The van der Waals surface area contributed by atoms with Crippen molar-refractivity contribution in [2.24, 2.45) is 0 Å². The van der Waals surface area contributed by atoms with Crippen molar-refractivity contribution < 1.29 is 4.79 Å². The second-order valence-corrected chi connectivity index (χ2v) is 3.10. The maximum Gasteiger partial charge on any atom is 0.145 e. The first-order chi connectivity index (χ1) is 3.80. The van der Waals surface area contributed by atoms with Gasteiger partial charge in [0.2, 0.25) is 0 Å². The maximum atomic E-state index is 10.7. The van der Waals surface area contributed by atoms with Crippen LogP contribution in [0.25, 0.3) is 0 Å². The van der Waals surface area contributed by atoms with Gasteiger partial charge in [0, 0.05) is 6.42 Å². The Balaban J connectivity index is 2.39. The molecular weight excluding hydrogens is 167 g/mol. The van der Waals surface area contributed by atoms with Crippen LogP contribution in [0.15, 0.2) is 0 Å².